The summed E-state index contributed by atoms with van der Waals surface area (Å²) in [5.41, 5.74) is 0. The summed E-state index contributed by atoms with van der Waals surface area (Å²) in [6, 6.07) is 0. The minimum atomic E-state index is -2.87. The van der Waals surface area contributed by atoms with E-state index in [1.54, 1.807) is 0 Å². The molecule has 0 fully saturated rings. The van der Waals surface area contributed by atoms with Crippen molar-refractivity contribution < 1.29 is 28.2 Å². The molecule has 0 spiro atoms. The van der Waals surface area contributed by atoms with Crippen LogP contribution in [0.2, 0.25) is 0 Å². The summed E-state index contributed by atoms with van der Waals surface area (Å²) in [6.45, 7) is 0. The largest absolute Gasteiger partial charge is 2.00 e. The third kappa shape index (κ3) is 135. The van der Waals surface area contributed by atoms with Gasteiger partial charge < -0.3 is 13.8 Å². The predicted molar refractivity (Wildman–Crippen MR) is 27.2 cm³/mol. The van der Waals surface area contributed by atoms with E-state index in [1.807, 2.05) is 0 Å². The second-order valence-corrected chi connectivity index (χ2v) is 0.758. The van der Waals surface area contributed by atoms with Crippen molar-refractivity contribution in [2.75, 3.05) is 0 Å². The monoisotopic (exact) mass is 159 g/mol. The molecule has 0 amide bonds. The Balaban J connectivity index is -0.00000000450. The van der Waals surface area contributed by atoms with E-state index >= 15 is 0 Å². The average Bonchev–Trinajstić information content (AvgIpc) is 0.811. The molecule has 0 aliphatic heterocycles. The molecule has 0 rings (SSSR count). The molecule has 0 aromatic rings. The molecule has 44 valence electrons. The topological polar surface area (TPSA) is 121 Å². The quantitative estimate of drug-likeness (QED) is 0.308. The van der Waals surface area contributed by atoms with Crippen molar-refractivity contribution in [1.29, 1.82) is 0 Å². The van der Waals surface area contributed by atoms with Crippen LogP contribution >= 0.6 is 8.25 Å². The number of rotatable bonds is 0. The predicted octanol–water partition coefficient (Wildman–Crippen LogP) is -2.18. The van der Waals surface area contributed by atoms with Crippen molar-refractivity contribution >= 4 is 46.0 Å². The van der Waals surface area contributed by atoms with Gasteiger partial charge in [-0.3, -0.25) is 0 Å². The van der Waals surface area contributed by atoms with E-state index < -0.39 is 8.25 Å². The Labute approximate surface area is 73.9 Å². The molecular weight excluding hydrogens is 151 g/mol. The van der Waals surface area contributed by atoms with E-state index in [0.29, 0.717) is 0 Å². The van der Waals surface area contributed by atoms with Gasteiger partial charge in [0.05, 0.1) is 0 Å². The van der Waals surface area contributed by atoms with Crippen molar-refractivity contribution in [3.63, 3.8) is 0 Å². The van der Waals surface area contributed by atoms with E-state index in [4.69, 9.17) is 14.4 Å². The average molecular weight is 159 g/mol. The van der Waals surface area contributed by atoms with Crippen molar-refractivity contribution in [2.45, 2.75) is 0 Å². The fourth-order valence-electron chi connectivity index (χ4n) is 0. The summed E-state index contributed by atoms with van der Waals surface area (Å²) < 4.78 is 8.70. The Morgan fingerprint density at radius 2 is 1.29 bits per heavy atom. The zero-order valence-electron chi connectivity index (χ0n) is 5.46. The van der Waals surface area contributed by atoms with Gasteiger partial charge in [0.1, 0.15) is 0 Å². The van der Waals surface area contributed by atoms with Crippen LogP contribution < -0.4 is 0 Å². The first-order valence-electron chi connectivity index (χ1n) is 0.583. The molecule has 0 saturated heterocycles. The summed E-state index contributed by atoms with van der Waals surface area (Å²) in [4.78, 5) is 14.2. The number of hydrogen-bond acceptors (Lipinski definition) is 1. The van der Waals surface area contributed by atoms with Gasteiger partial charge in [0, 0.05) is 4.57 Å². The van der Waals surface area contributed by atoms with Gasteiger partial charge in [-0.25, -0.2) is 0 Å². The Morgan fingerprint density at radius 1 is 1.29 bits per heavy atom. The molecule has 0 aromatic carbocycles. The van der Waals surface area contributed by atoms with Crippen LogP contribution in [0.1, 0.15) is 2.85 Å². The molecule has 0 saturated carbocycles. The number of hydrogen-bond donors (Lipinski definition) is 2. The Hall–Kier alpha value is 1.20. The van der Waals surface area contributed by atoms with Crippen molar-refractivity contribution in [3.05, 3.63) is 0 Å². The standard InChI is InChI=1S/Ca.HO3P.2H2O.2H/c;1-4(2)3;;;;/h;(H-,1,2,3);2*1H2;;/q+2;;;;2*-1/p+1. The maximum atomic E-state index is 8.70. The van der Waals surface area contributed by atoms with E-state index in [2.05, 4.69) is 0 Å². The third-order valence-corrected chi connectivity index (χ3v) is 0. The maximum absolute atomic E-state index is 8.70. The Kier molecular flexibility index (Phi) is 54.0. The molecule has 7 heavy (non-hydrogen) atoms. The Morgan fingerprint density at radius 3 is 1.29 bits per heavy atom. The molecule has 0 atom stereocenters. The van der Waals surface area contributed by atoms with E-state index in [9.17, 15) is 0 Å². The molecule has 0 bridgehead atoms. The van der Waals surface area contributed by atoms with E-state index in [0.717, 1.165) is 0 Å². The summed E-state index contributed by atoms with van der Waals surface area (Å²) in [5, 5.41) is 0. The van der Waals surface area contributed by atoms with Crippen LogP contribution in [0.5, 0.6) is 0 Å². The van der Waals surface area contributed by atoms with Gasteiger partial charge in [-0.2, -0.15) is 0 Å². The zero-order valence-corrected chi connectivity index (χ0v) is 6.56. The molecule has 0 aromatic heterocycles. The van der Waals surface area contributed by atoms with E-state index in [-0.39, 0.29) is 51.5 Å². The fourth-order valence-corrected chi connectivity index (χ4v) is 0. The first-order chi connectivity index (χ1) is 1.73. The summed E-state index contributed by atoms with van der Waals surface area (Å²) in [7, 11) is -2.87. The van der Waals surface area contributed by atoms with Crippen LogP contribution in [0.25, 0.3) is 0 Å². The van der Waals surface area contributed by atoms with Gasteiger partial charge in [0.2, 0.25) is 0 Å². The maximum Gasteiger partial charge on any atom is 2.00 e. The molecule has 7 heteroatoms. The molecule has 0 radical (unpaired) electrons. The SMILES string of the molecule is O.O.O=[P+](O)O.[Ca+2].[H-].[H-]. The summed E-state index contributed by atoms with van der Waals surface area (Å²) in [5.74, 6) is 0. The van der Waals surface area contributed by atoms with Crippen LogP contribution in [-0.2, 0) is 4.57 Å². The van der Waals surface area contributed by atoms with Gasteiger partial charge in [-0.1, -0.05) is 0 Å². The molecule has 6 N–H and O–H groups in total. The third-order valence-electron chi connectivity index (χ3n) is 0. The second kappa shape index (κ2) is 15.7. The summed E-state index contributed by atoms with van der Waals surface area (Å²) in [6.07, 6.45) is 0. The summed E-state index contributed by atoms with van der Waals surface area (Å²) >= 11 is 0. The van der Waals surface area contributed by atoms with Gasteiger partial charge in [-0.05, 0) is 0 Å². The van der Waals surface area contributed by atoms with Crippen LogP contribution in [0.4, 0.5) is 0 Å². The minimum Gasteiger partial charge on any atom is -1.00 e. The second-order valence-electron chi connectivity index (χ2n) is 0.253. The van der Waals surface area contributed by atoms with Crippen LogP contribution in [0.3, 0.4) is 0 Å². The van der Waals surface area contributed by atoms with Crippen molar-refractivity contribution in [3.8, 4) is 0 Å². The van der Waals surface area contributed by atoms with Gasteiger partial charge in [0.25, 0.3) is 0 Å². The van der Waals surface area contributed by atoms with Crippen LogP contribution in [-0.4, -0.2) is 58.5 Å². The molecule has 5 nitrogen and oxygen atoms in total. The smallest absolute Gasteiger partial charge is 1.00 e. The van der Waals surface area contributed by atoms with Crippen molar-refractivity contribution in [1.82, 2.24) is 0 Å². The zero-order chi connectivity index (χ0) is 3.58. The fraction of sp³-hybridized carbons (Fsp3) is 0. The van der Waals surface area contributed by atoms with Gasteiger partial charge >= 0.3 is 46.0 Å². The minimum absolute atomic E-state index is 0. The van der Waals surface area contributed by atoms with Crippen molar-refractivity contribution in [2.24, 2.45) is 0 Å². The Bertz CT molecular complexity index is 37.9. The van der Waals surface area contributed by atoms with Crippen LogP contribution in [0.15, 0.2) is 0 Å². The first kappa shape index (κ1) is 24.1. The van der Waals surface area contributed by atoms with Gasteiger partial charge in [0.15, 0.2) is 0 Å². The van der Waals surface area contributed by atoms with Gasteiger partial charge in [-0.15, -0.1) is 9.79 Å². The first-order valence-corrected chi connectivity index (χ1v) is 1.75. The van der Waals surface area contributed by atoms with E-state index in [1.165, 1.54) is 0 Å². The molecule has 0 aliphatic carbocycles. The normalized spacial score (nSPS) is 3.71. The molecule has 0 aliphatic rings. The molecule has 0 heterocycles. The van der Waals surface area contributed by atoms with Crippen LogP contribution in [0, 0.1) is 0 Å². The molecular formula is H8CaO5P+. The molecule has 0 unspecified atom stereocenters.